The Hall–Kier alpha value is -1.60. The highest BCUT2D eigenvalue weighted by atomic mass is 32.2. The van der Waals surface area contributed by atoms with Gasteiger partial charge in [-0.25, -0.2) is 8.42 Å². The molecule has 3 rings (SSSR count). The van der Waals surface area contributed by atoms with Gasteiger partial charge in [-0.05, 0) is 61.8 Å². The van der Waals surface area contributed by atoms with Gasteiger partial charge in [0.05, 0.1) is 4.90 Å². The summed E-state index contributed by atoms with van der Waals surface area (Å²) in [5.41, 5.74) is 0. The number of ether oxygens (including phenoxy) is 1. The zero-order valence-corrected chi connectivity index (χ0v) is 17.1. The highest BCUT2D eigenvalue weighted by molar-refractivity contribution is 7.89. The quantitative estimate of drug-likeness (QED) is 0.770. The molecule has 2 aliphatic rings. The molecule has 27 heavy (non-hydrogen) atoms. The molecular weight excluding hydrogens is 364 g/mol. The molecule has 0 aromatic heterocycles. The molecule has 0 atom stereocenters. The van der Waals surface area contributed by atoms with Crippen molar-refractivity contribution in [1.82, 2.24) is 9.21 Å². The summed E-state index contributed by atoms with van der Waals surface area (Å²) >= 11 is 0. The number of rotatable bonds is 5. The van der Waals surface area contributed by atoms with Gasteiger partial charge in [0.15, 0.2) is 6.61 Å². The van der Waals surface area contributed by atoms with Crippen molar-refractivity contribution < 1.29 is 17.9 Å². The number of likely N-dealkylation sites (tertiary alicyclic amines) is 1. The molecule has 0 aliphatic carbocycles. The zero-order valence-electron chi connectivity index (χ0n) is 16.3. The Balaban J connectivity index is 1.54. The van der Waals surface area contributed by atoms with E-state index >= 15 is 0 Å². The second-order valence-corrected chi connectivity index (χ2v) is 9.85. The Kier molecular flexibility index (Phi) is 6.42. The van der Waals surface area contributed by atoms with Gasteiger partial charge in [0, 0.05) is 26.2 Å². The van der Waals surface area contributed by atoms with Gasteiger partial charge in [0.1, 0.15) is 5.75 Å². The third-order valence-electron chi connectivity index (χ3n) is 5.70. The molecule has 2 heterocycles. The monoisotopic (exact) mass is 394 g/mol. The molecule has 2 fully saturated rings. The van der Waals surface area contributed by atoms with Gasteiger partial charge >= 0.3 is 0 Å². The lowest BCUT2D eigenvalue weighted by Gasteiger charge is -2.30. The number of hydrogen-bond donors (Lipinski definition) is 0. The first-order valence-electron chi connectivity index (χ1n) is 9.87. The summed E-state index contributed by atoms with van der Waals surface area (Å²) in [5.74, 6) is 1.75. The van der Waals surface area contributed by atoms with Gasteiger partial charge in [-0.1, -0.05) is 13.8 Å². The number of hydrogen-bond acceptors (Lipinski definition) is 4. The van der Waals surface area contributed by atoms with E-state index in [0.717, 1.165) is 38.8 Å². The number of benzene rings is 1. The van der Waals surface area contributed by atoms with Crippen molar-refractivity contribution in [2.45, 2.75) is 44.4 Å². The molecular formula is C20H30N2O4S. The number of amides is 1. The molecule has 0 radical (unpaired) electrons. The molecule has 1 aromatic rings. The maximum Gasteiger partial charge on any atom is 0.260 e. The SMILES string of the molecule is CC1CCN(C(=O)COc2ccc(S(=O)(=O)N3CCC(C)CC3)cc2)CC1. The van der Waals surface area contributed by atoms with Gasteiger partial charge < -0.3 is 9.64 Å². The molecule has 2 saturated heterocycles. The van der Waals surface area contributed by atoms with Crippen molar-refractivity contribution >= 4 is 15.9 Å². The predicted octanol–water partition coefficient (Wildman–Crippen LogP) is 2.74. The molecule has 0 unspecified atom stereocenters. The summed E-state index contributed by atoms with van der Waals surface area (Å²) < 4.78 is 32.6. The number of piperidine rings is 2. The topological polar surface area (TPSA) is 66.9 Å². The Morgan fingerprint density at radius 1 is 0.963 bits per heavy atom. The van der Waals surface area contributed by atoms with E-state index in [4.69, 9.17) is 4.74 Å². The predicted molar refractivity (Wildman–Crippen MR) is 104 cm³/mol. The lowest BCUT2D eigenvalue weighted by atomic mass is 9.99. The second-order valence-electron chi connectivity index (χ2n) is 7.91. The van der Waals surface area contributed by atoms with Crippen LogP contribution in [0.1, 0.15) is 39.5 Å². The second kappa shape index (κ2) is 8.61. The molecule has 7 heteroatoms. The van der Waals surface area contributed by atoms with E-state index in [1.165, 1.54) is 0 Å². The van der Waals surface area contributed by atoms with Crippen LogP contribution in [0.3, 0.4) is 0 Å². The molecule has 0 saturated carbocycles. The van der Waals surface area contributed by atoms with E-state index in [-0.39, 0.29) is 17.4 Å². The lowest BCUT2D eigenvalue weighted by molar-refractivity contribution is -0.134. The van der Waals surface area contributed by atoms with E-state index < -0.39 is 10.0 Å². The van der Waals surface area contributed by atoms with Crippen LogP contribution in [0.25, 0.3) is 0 Å². The third-order valence-corrected chi connectivity index (χ3v) is 7.62. The smallest absolute Gasteiger partial charge is 0.260 e. The Labute approximate surface area is 162 Å². The largest absolute Gasteiger partial charge is 0.484 e. The van der Waals surface area contributed by atoms with Crippen LogP contribution in [0.15, 0.2) is 29.2 Å². The summed E-state index contributed by atoms with van der Waals surface area (Å²) in [6, 6.07) is 6.39. The minimum Gasteiger partial charge on any atom is -0.484 e. The van der Waals surface area contributed by atoms with Crippen LogP contribution in [-0.4, -0.2) is 56.3 Å². The van der Waals surface area contributed by atoms with Crippen LogP contribution in [0.2, 0.25) is 0 Å². The van der Waals surface area contributed by atoms with E-state index in [9.17, 15) is 13.2 Å². The number of nitrogens with zero attached hydrogens (tertiary/aromatic N) is 2. The summed E-state index contributed by atoms with van der Waals surface area (Å²) in [7, 11) is -3.45. The normalized spacial score (nSPS) is 20.6. The van der Waals surface area contributed by atoms with E-state index in [0.29, 0.717) is 30.7 Å². The van der Waals surface area contributed by atoms with E-state index in [2.05, 4.69) is 13.8 Å². The maximum atomic E-state index is 12.7. The van der Waals surface area contributed by atoms with Gasteiger partial charge in [-0.2, -0.15) is 4.31 Å². The van der Waals surface area contributed by atoms with Crippen molar-refractivity contribution in [2.24, 2.45) is 11.8 Å². The molecule has 6 nitrogen and oxygen atoms in total. The average Bonchev–Trinajstić information content (AvgIpc) is 2.67. The Bertz CT molecular complexity index is 732. The Morgan fingerprint density at radius 3 is 2.04 bits per heavy atom. The Morgan fingerprint density at radius 2 is 1.48 bits per heavy atom. The minimum atomic E-state index is -3.45. The summed E-state index contributed by atoms with van der Waals surface area (Å²) in [4.78, 5) is 14.4. The minimum absolute atomic E-state index is 0.00943. The molecule has 1 amide bonds. The van der Waals surface area contributed by atoms with Crippen molar-refractivity contribution in [3.05, 3.63) is 24.3 Å². The van der Waals surface area contributed by atoms with Crippen LogP contribution < -0.4 is 4.74 Å². The van der Waals surface area contributed by atoms with Crippen molar-refractivity contribution in [3.8, 4) is 5.75 Å². The first-order valence-corrected chi connectivity index (χ1v) is 11.3. The van der Waals surface area contributed by atoms with Crippen molar-refractivity contribution in [2.75, 3.05) is 32.8 Å². The first-order chi connectivity index (χ1) is 12.9. The van der Waals surface area contributed by atoms with Gasteiger partial charge in [-0.15, -0.1) is 0 Å². The molecule has 1 aromatic carbocycles. The van der Waals surface area contributed by atoms with E-state index in [1.807, 2.05) is 4.90 Å². The summed E-state index contributed by atoms with van der Waals surface area (Å²) in [6.45, 7) is 7.07. The number of carbonyl (C=O) groups is 1. The van der Waals surface area contributed by atoms with Gasteiger partial charge in [0.2, 0.25) is 10.0 Å². The molecule has 2 aliphatic heterocycles. The summed E-state index contributed by atoms with van der Waals surface area (Å²) in [6.07, 6.45) is 3.87. The summed E-state index contributed by atoms with van der Waals surface area (Å²) in [5, 5.41) is 0. The number of carbonyl (C=O) groups excluding carboxylic acids is 1. The van der Waals surface area contributed by atoms with Crippen molar-refractivity contribution in [1.29, 1.82) is 0 Å². The van der Waals surface area contributed by atoms with Crippen LogP contribution in [0.5, 0.6) is 5.75 Å². The van der Waals surface area contributed by atoms with Crippen LogP contribution in [-0.2, 0) is 14.8 Å². The van der Waals surface area contributed by atoms with Gasteiger partial charge in [-0.3, -0.25) is 4.79 Å². The van der Waals surface area contributed by atoms with Crippen LogP contribution in [0, 0.1) is 11.8 Å². The van der Waals surface area contributed by atoms with Crippen LogP contribution >= 0.6 is 0 Å². The van der Waals surface area contributed by atoms with Crippen LogP contribution in [0.4, 0.5) is 0 Å². The average molecular weight is 395 g/mol. The number of sulfonamides is 1. The van der Waals surface area contributed by atoms with E-state index in [1.54, 1.807) is 28.6 Å². The first kappa shape index (κ1) is 20.1. The fourth-order valence-electron chi connectivity index (χ4n) is 3.58. The van der Waals surface area contributed by atoms with Gasteiger partial charge in [0.25, 0.3) is 5.91 Å². The fraction of sp³-hybridized carbons (Fsp3) is 0.650. The zero-order chi connectivity index (χ0) is 19.4. The molecule has 150 valence electrons. The highest BCUT2D eigenvalue weighted by Gasteiger charge is 2.28. The standard InChI is InChI=1S/C20H30N2O4S/c1-16-7-11-21(12-8-16)20(23)15-26-18-3-5-19(6-4-18)27(24,25)22-13-9-17(2)10-14-22/h3-6,16-17H,7-15H2,1-2H3. The lowest BCUT2D eigenvalue weighted by Crippen LogP contribution is -2.40. The fourth-order valence-corrected chi connectivity index (χ4v) is 5.05. The van der Waals surface area contributed by atoms with Crippen molar-refractivity contribution in [3.63, 3.8) is 0 Å². The molecule has 0 spiro atoms. The third kappa shape index (κ3) is 5.02. The molecule has 0 bridgehead atoms. The molecule has 0 N–H and O–H groups in total. The highest BCUT2D eigenvalue weighted by Crippen LogP contribution is 2.25. The maximum absolute atomic E-state index is 12.7.